The first-order valence-electron chi connectivity index (χ1n) is 11.2. The number of nitrogens with zero attached hydrogens (tertiary/aromatic N) is 3. The van der Waals surface area contributed by atoms with Gasteiger partial charge in [0.1, 0.15) is 0 Å². The zero-order valence-electron chi connectivity index (χ0n) is 17.2. The minimum atomic E-state index is 0.170. The lowest BCUT2D eigenvalue weighted by atomic mass is 9.80. The number of fused-ring (bicyclic) bond motifs is 1. The number of likely N-dealkylation sites (tertiary alicyclic amines) is 1. The zero-order valence-corrected chi connectivity index (χ0v) is 17.2. The van der Waals surface area contributed by atoms with Crippen molar-refractivity contribution in [2.24, 2.45) is 11.3 Å². The molecule has 2 fully saturated rings. The predicted molar refractivity (Wildman–Crippen MR) is 114 cm³/mol. The quantitative estimate of drug-likeness (QED) is 0.795. The van der Waals surface area contributed by atoms with Crippen LogP contribution >= 0.6 is 0 Å². The third kappa shape index (κ3) is 3.95. The minimum Gasteiger partial charge on any atom is -0.338 e. The first-order valence-corrected chi connectivity index (χ1v) is 11.2. The molecule has 5 rings (SSSR count). The van der Waals surface area contributed by atoms with Gasteiger partial charge in [-0.2, -0.15) is 0 Å². The molecule has 1 spiro atoms. The third-order valence-corrected chi connectivity index (χ3v) is 7.23. The first kappa shape index (κ1) is 18.8. The fourth-order valence-electron chi connectivity index (χ4n) is 5.78. The Hall–Kier alpha value is -2.20. The number of amides is 1. The topological polar surface area (TPSA) is 36.4 Å². The summed E-state index contributed by atoms with van der Waals surface area (Å²) >= 11 is 0. The van der Waals surface area contributed by atoms with Gasteiger partial charge in [-0.05, 0) is 55.0 Å². The Morgan fingerprint density at radius 2 is 1.90 bits per heavy atom. The molecule has 1 unspecified atom stereocenters. The summed E-state index contributed by atoms with van der Waals surface area (Å²) in [6, 6.07) is 13.0. The summed E-state index contributed by atoms with van der Waals surface area (Å²) < 4.78 is 0. The molecule has 1 saturated heterocycles. The van der Waals surface area contributed by atoms with Crippen molar-refractivity contribution in [3.8, 4) is 0 Å². The minimum absolute atomic E-state index is 0.170. The lowest BCUT2D eigenvalue weighted by Crippen LogP contribution is -2.43. The molecule has 0 radical (unpaired) electrons. The van der Waals surface area contributed by atoms with Gasteiger partial charge in [-0.15, -0.1) is 0 Å². The summed E-state index contributed by atoms with van der Waals surface area (Å²) in [6.45, 7) is 4.80. The molecule has 29 heavy (non-hydrogen) atoms. The average Bonchev–Trinajstić information content (AvgIpc) is 3.36. The van der Waals surface area contributed by atoms with Gasteiger partial charge in [0.15, 0.2) is 0 Å². The fraction of sp³-hybridized carbons (Fsp3) is 0.520. The molecular weight excluding hydrogens is 358 g/mol. The van der Waals surface area contributed by atoms with Gasteiger partial charge in [0.25, 0.3) is 0 Å². The molecule has 0 N–H and O–H groups in total. The average molecular weight is 390 g/mol. The number of carbonyl (C=O) groups is 1. The van der Waals surface area contributed by atoms with Crippen molar-refractivity contribution in [3.63, 3.8) is 0 Å². The van der Waals surface area contributed by atoms with E-state index in [0.29, 0.717) is 5.91 Å². The van der Waals surface area contributed by atoms with Gasteiger partial charge in [-0.1, -0.05) is 43.2 Å². The number of aromatic nitrogens is 1. The van der Waals surface area contributed by atoms with E-state index >= 15 is 0 Å². The van der Waals surface area contributed by atoms with Crippen LogP contribution in [0.3, 0.4) is 0 Å². The molecule has 4 nitrogen and oxygen atoms in total. The maximum atomic E-state index is 13.4. The van der Waals surface area contributed by atoms with E-state index in [2.05, 4.69) is 45.1 Å². The van der Waals surface area contributed by atoms with Crippen molar-refractivity contribution in [1.29, 1.82) is 0 Å². The molecule has 2 aromatic rings. The van der Waals surface area contributed by atoms with Crippen LogP contribution in [0.2, 0.25) is 0 Å². The van der Waals surface area contributed by atoms with Crippen LogP contribution in [0.5, 0.6) is 0 Å². The number of carbonyl (C=O) groups excluding carboxylic acids is 1. The SMILES string of the molecule is O=C(C1CCCC1)N1Cc2ccccc2CC2(CCN(Cc3cccnc3)C2)C1. The van der Waals surface area contributed by atoms with Crippen LogP contribution in [0.25, 0.3) is 0 Å². The Bertz CT molecular complexity index is 861. The van der Waals surface area contributed by atoms with Crippen molar-refractivity contribution in [2.45, 2.75) is 51.6 Å². The fourth-order valence-corrected chi connectivity index (χ4v) is 5.78. The Kier molecular flexibility index (Phi) is 5.13. The molecule has 3 heterocycles. The Morgan fingerprint density at radius 1 is 1.07 bits per heavy atom. The van der Waals surface area contributed by atoms with Gasteiger partial charge in [-0.3, -0.25) is 14.7 Å². The van der Waals surface area contributed by atoms with E-state index in [0.717, 1.165) is 58.4 Å². The summed E-state index contributed by atoms with van der Waals surface area (Å²) in [7, 11) is 0. The van der Waals surface area contributed by atoms with E-state index in [4.69, 9.17) is 0 Å². The normalized spacial score (nSPS) is 25.3. The second-order valence-corrected chi connectivity index (χ2v) is 9.44. The summed E-state index contributed by atoms with van der Waals surface area (Å²) in [5.41, 5.74) is 4.24. The molecule has 1 aromatic heterocycles. The van der Waals surface area contributed by atoms with Crippen LogP contribution in [-0.4, -0.2) is 40.3 Å². The maximum Gasteiger partial charge on any atom is 0.225 e. The monoisotopic (exact) mass is 389 g/mol. The van der Waals surface area contributed by atoms with Crippen LogP contribution in [0, 0.1) is 11.3 Å². The molecule has 1 aliphatic carbocycles. The summed E-state index contributed by atoms with van der Waals surface area (Å²) in [4.78, 5) is 22.4. The molecule has 0 bridgehead atoms. The first-order chi connectivity index (χ1) is 14.2. The molecular formula is C25H31N3O. The summed E-state index contributed by atoms with van der Waals surface area (Å²) in [6.07, 6.45) is 10.6. The number of pyridine rings is 1. The molecule has 2 aliphatic heterocycles. The van der Waals surface area contributed by atoms with Gasteiger partial charge >= 0.3 is 0 Å². The lowest BCUT2D eigenvalue weighted by Gasteiger charge is -2.34. The Balaban J connectivity index is 1.39. The van der Waals surface area contributed by atoms with Gasteiger partial charge < -0.3 is 4.90 Å². The predicted octanol–water partition coefficient (Wildman–Crippen LogP) is 4.05. The smallest absolute Gasteiger partial charge is 0.225 e. The molecule has 4 heteroatoms. The zero-order chi connectivity index (χ0) is 19.7. The largest absolute Gasteiger partial charge is 0.338 e. The summed E-state index contributed by atoms with van der Waals surface area (Å²) in [5.74, 6) is 0.662. The van der Waals surface area contributed by atoms with Crippen molar-refractivity contribution >= 4 is 5.91 Å². The molecule has 1 amide bonds. The second-order valence-electron chi connectivity index (χ2n) is 9.44. The van der Waals surface area contributed by atoms with E-state index < -0.39 is 0 Å². The molecule has 3 aliphatic rings. The van der Waals surface area contributed by atoms with E-state index in [1.165, 1.54) is 29.5 Å². The van der Waals surface area contributed by atoms with Crippen LogP contribution < -0.4 is 0 Å². The number of hydrogen-bond acceptors (Lipinski definition) is 3. The van der Waals surface area contributed by atoms with E-state index in [1.54, 1.807) is 0 Å². The lowest BCUT2D eigenvalue weighted by molar-refractivity contribution is -0.137. The number of hydrogen-bond donors (Lipinski definition) is 0. The number of benzene rings is 1. The number of rotatable bonds is 3. The highest BCUT2D eigenvalue weighted by atomic mass is 16.2. The van der Waals surface area contributed by atoms with Crippen molar-refractivity contribution < 1.29 is 4.79 Å². The molecule has 1 saturated carbocycles. The second kappa shape index (κ2) is 7.91. The summed E-state index contributed by atoms with van der Waals surface area (Å²) in [5, 5.41) is 0. The van der Waals surface area contributed by atoms with Gasteiger partial charge in [0, 0.05) is 49.9 Å². The van der Waals surface area contributed by atoms with Crippen molar-refractivity contribution in [2.75, 3.05) is 19.6 Å². The highest BCUT2D eigenvalue weighted by Gasteiger charge is 2.43. The Morgan fingerprint density at radius 3 is 2.69 bits per heavy atom. The Labute approximate surface area is 173 Å². The van der Waals surface area contributed by atoms with Crippen LogP contribution in [0.4, 0.5) is 0 Å². The van der Waals surface area contributed by atoms with Crippen LogP contribution in [-0.2, 0) is 24.3 Å². The van der Waals surface area contributed by atoms with Gasteiger partial charge in [0.05, 0.1) is 0 Å². The molecule has 1 aromatic carbocycles. The standard InChI is InChI=1S/C25H31N3O/c29-24(21-7-1-2-8-21)28-17-23-10-4-3-9-22(23)14-25(19-28)11-13-27(18-25)16-20-6-5-12-26-15-20/h3-6,9-10,12,15,21H,1-2,7-8,11,13-14,16-19H2. The van der Waals surface area contributed by atoms with E-state index in [1.807, 2.05) is 18.5 Å². The van der Waals surface area contributed by atoms with Gasteiger partial charge in [-0.25, -0.2) is 0 Å². The maximum absolute atomic E-state index is 13.4. The van der Waals surface area contributed by atoms with E-state index in [-0.39, 0.29) is 11.3 Å². The van der Waals surface area contributed by atoms with Crippen molar-refractivity contribution in [1.82, 2.24) is 14.8 Å². The van der Waals surface area contributed by atoms with E-state index in [9.17, 15) is 4.79 Å². The van der Waals surface area contributed by atoms with Crippen molar-refractivity contribution in [3.05, 3.63) is 65.5 Å². The highest BCUT2D eigenvalue weighted by Crippen LogP contribution is 2.40. The van der Waals surface area contributed by atoms with Crippen LogP contribution in [0.15, 0.2) is 48.8 Å². The van der Waals surface area contributed by atoms with Crippen LogP contribution in [0.1, 0.15) is 48.8 Å². The molecule has 152 valence electrons. The highest BCUT2D eigenvalue weighted by molar-refractivity contribution is 5.79. The third-order valence-electron chi connectivity index (χ3n) is 7.23. The van der Waals surface area contributed by atoms with Gasteiger partial charge in [0.2, 0.25) is 5.91 Å². The molecule has 1 atom stereocenters.